The second-order valence-corrected chi connectivity index (χ2v) is 8.59. The summed E-state index contributed by atoms with van der Waals surface area (Å²) in [6, 6.07) is 14.1. The first-order chi connectivity index (χ1) is 17.8. The number of carbonyl (C=O) groups excluding carboxylic acids is 1. The Labute approximate surface area is 208 Å². The van der Waals surface area contributed by atoms with E-state index in [2.05, 4.69) is 25.9 Å². The Morgan fingerprint density at radius 2 is 1.84 bits per heavy atom. The van der Waals surface area contributed by atoms with E-state index < -0.39 is 35.4 Å². The number of carbonyl (C=O) groups is 1. The molecule has 3 N–H and O–H groups in total. The van der Waals surface area contributed by atoms with E-state index in [1.54, 1.807) is 18.2 Å². The number of hydrogen-bond donors (Lipinski definition) is 3. The smallest absolute Gasteiger partial charge is 0.378 e. The number of hydrogen-bond acceptors (Lipinski definition) is 8. The summed E-state index contributed by atoms with van der Waals surface area (Å²) in [5.74, 6) is -1.70. The van der Waals surface area contributed by atoms with Gasteiger partial charge in [-0.15, -0.1) is 0 Å². The number of aliphatic hydroxyl groups is 1. The molecular formula is C25H22F3N5O4. The summed E-state index contributed by atoms with van der Waals surface area (Å²) < 4.78 is 51.8. The minimum absolute atomic E-state index is 0.00131. The molecule has 1 saturated heterocycles. The van der Waals surface area contributed by atoms with Crippen LogP contribution in [-0.2, 0) is 11.0 Å². The molecule has 1 amide bonds. The maximum absolute atomic E-state index is 13.9. The average molecular weight is 513 g/mol. The van der Waals surface area contributed by atoms with Crippen molar-refractivity contribution in [3.8, 4) is 34.3 Å². The van der Waals surface area contributed by atoms with Gasteiger partial charge in [0.2, 0.25) is 11.6 Å². The number of aromatic nitrogens is 3. The molecule has 2 atom stereocenters. The summed E-state index contributed by atoms with van der Waals surface area (Å²) in [5, 5.41) is 23.7. The number of rotatable bonds is 7. The molecule has 0 unspecified atom stereocenters. The predicted octanol–water partition coefficient (Wildman–Crippen LogP) is 3.98. The molecular weight excluding hydrogens is 491 g/mol. The van der Waals surface area contributed by atoms with Crippen LogP contribution in [0.4, 0.5) is 13.2 Å². The second-order valence-electron chi connectivity index (χ2n) is 8.59. The van der Waals surface area contributed by atoms with Crippen LogP contribution in [0.1, 0.15) is 30.1 Å². The first-order valence-electron chi connectivity index (χ1n) is 11.6. The number of halogens is 3. The van der Waals surface area contributed by atoms with Gasteiger partial charge in [-0.05, 0) is 24.9 Å². The molecule has 1 aliphatic rings. The minimum atomic E-state index is -4.79. The highest BCUT2D eigenvalue weighted by atomic mass is 19.4. The zero-order chi connectivity index (χ0) is 26.0. The zero-order valence-electron chi connectivity index (χ0n) is 19.3. The third-order valence-electron chi connectivity index (χ3n) is 6.06. The third kappa shape index (κ3) is 5.25. The molecule has 2 aromatic heterocycles. The zero-order valence-corrected chi connectivity index (χ0v) is 19.3. The number of nitrogens with zero attached hydrogens (tertiary/aromatic N) is 3. The van der Waals surface area contributed by atoms with Gasteiger partial charge in [0.25, 0.3) is 11.8 Å². The predicted molar refractivity (Wildman–Crippen MR) is 125 cm³/mol. The van der Waals surface area contributed by atoms with Crippen molar-refractivity contribution in [3.63, 3.8) is 0 Å². The van der Waals surface area contributed by atoms with Crippen molar-refractivity contribution in [2.24, 2.45) is 0 Å². The van der Waals surface area contributed by atoms with Crippen LogP contribution in [0.15, 0.2) is 63.6 Å². The summed E-state index contributed by atoms with van der Waals surface area (Å²) in [6.45, 7) is 1.33. The number of nitrogens with one attached hydrogen (secondary N) is 2. The van der Waals surface area contributed by atoms with Crippen molar-refractivity contribution in [1.82, 2.24) is 25.9 Å². The lowest BCUT2D eigenvalue weighted by Crippen LogP contribution is -2.39. The highest BCUT2D eigenvalue weighted by molar-refractivity contribution is 5.82. The molecule has 9 nitrogen and oxygen atoms in total. The third-order valence-corrected chi connectivity index (χ3v) is 6.06. The molecule has 0 saturated carbocycles. The molecule has 3 heterocycles. The van der Waals surface area contributed by atoms with Crippen molar-refractivity contribution in [2.45, 2.75) is 31.2 Å². The topological polar surface area (TPSA) is 126 Å². The van der Waals surface area contributed by atoms with Crippen LogP contribution in [-0.4, -0.2) is 45.4 Å². The second kappa shape index (κ2) is 10.1. The van der Waals surface area contributed by atoms with Crippen LogP contribution in [0.25, 0.3) is 34.3 Å². The van der Waals surface area contributed by atoms with Gasteiger partial charge in [-0.25, -0.2) is 0 Å². The van der Waals surface area contributed by atoms with Crippen LogP contribution in [0.5, 0.6) is 0 Å². The van der Waals surface area contributed by atoms with Gasteiger partial charge >= 0.3 is 6.18 Å². The maximum atomic E-state index is 13.9. The van der Waals surface area contributed by atoms with E-state index >= 15 is 0 Å². The van der Waals surface area contributed by atoms with Gasteiger partial charge in [-0.3, -0.25) is 4.79 Å². The van der Waals surface area contributed by atoms with E-state index in [1.165, 1.54) is 36.4 Å². The fourth-order valence-electron chi connectivity index (χ4n) is 4.14. The van der Waals surface area contributed by atoms with Gasteiger partial charge in [-0.1, -0.05) is 64.9 Å². The van der Waals surface area contributed by atoms with Crippen LogP contribution < -0.4 is 10.6 Å². The van der Waals surface area contributed by atoms with Gasteiger partial charge in [0.1, 0.15) is 11.3 Å². The number of amides is 1. The Balaban J connectivity index is 1.34. The van der Waals surface area contributed by atoms with E-state index in [4.69, 9.17) is 9.05 Å². The van der Waals surface area contributed by atoms with Gasteiger partial charge in [0.05, 0.1) is 0 Å². The van der Waals surface area contributed by atoms with Crippen molar-refractivity contribution >= 4 is 5.91 Å². The summed E-state index contributed by atoms with van der Waals surface area (Å²) in [6.07, 6.45) is -4.16. The maximum Gasteiger partial charge on any atom is 0.422 e. The molecule has 0 bridgehead atoms. The summed E-state index contributed by atoms with van der Waals surface area (Å²) in [4.78, 5) is 16.4. The van der Waals surface area contributed by atoms with Gasteiger partial charge in [-0.2, -0.15) is 18.2 Å². The molecule has 5 rings (SSSR count). The lowest BCUT2D eigenvalue weighted by atomic mass is 10.1. The summed E-state index contributed by atoms with van der Waals surface area (Å²) >= 11 is 0. The molecule has 1 fully saturated rings. The Bertz CT molecular complexity index is 1360. The monoisotopic (exact) mass is 513 g/mol. The molecule has 37 heavy (non-hydrogen) atoms. The minimum Gasteiger partial charge on any atom is -0.378 e. The van der Waals surface area contributed by atoms with E-state index in [0.717, 1.165) is 19.4 Å². The van der Waals surface area contributed by atoms with Crippen molar-refractivity contribution in [2.75, 3.05) is 13.1 Å². The standard InChI is InChI=1S/C25H22F3N5O4/c26-25(27,28)18-19(14-5-2-1-3-6-14)32-36-21(18)24-31-22(33-37-24)16-10-8-15(9-11-16)20(34)23(35)30-13-17-7-4-12-29-17/h1-3,5-6,8-11,17,20,29,34H,4,7,12-13H2,(H,30,35)/t17-,20+/m0/s1. The molecule has 0 aliphatic carbocycles. The molecule has 0 radical (unpaired) electrons. The Morgan fingerprint density at radius 1 is 1.08 bits per heavy atom. The molecule has 12 heteroatoms. The van der Waals surface area contributed by atoms with Gasteiger partial charge < -0.3 is 24.8 Å². The van der Waals surface area contributed by atoms with E-state index in [9.17, 15) is 23.1 Å². The van der Waals surface area contributed by atoms with Crippen molar-refractivity contribution in [1.29, 1.82) is 0 Å². The van der Waals surface area contributed by atoms with Crippen LogP contribution >= 0.6 is 0 Å². The SMILES string of the molecule is O=C(NC[C@@H]1CCCN1)[C@H](O)c1ccc(-c2noc(-c3onc(-c4ccccc4)c3C(F)(F)F)n2)cc1. The highest BCUT2D eigenvalue weighted by Gasteiger charge is 2.43. The average Bonchev–Trinajstić information content (AvgIpc) is 3.67. The molecule has 1 aliphatic heterocycles. The Morgan fingerprint density at radius 3 is 2.51 bits per heavy atom. The number of alkyl halides is 3. The van der Waals surface area contributed by atoms with Gasteiger partial charge in [0.15, 0.2) is 6.10 Å². The lowest BCUT2D eigenvalue weighted by Gasteiger charge is -2.15. The first kappa shape index (κ1) is 24.7. The Kier molecular flexibility index (Phi) is 6.76. The lowest BCUT2D eigenvalue weighted by molar-refractivity contribution is -0.137. The number of aliphatic hydroxyl groups excluding tert-OH is 1. The van der Waals surface area contributed by atoms with E-state index in [0.29, 0.717) is 17.7 Å². The Hall–Kier alpha value is -4.03. The number of benzene rings is 2. The fourth-order valence-corrected chi connectivity index (χ4v) is 4.14. The fraction of sp³-hybridized carbons (Fsp3) is 0.280. The van der Waals surface area contributed by atoms with Crippen LogP contribution in [0.3, 0.4) is 0 Å². The summed E-state index contributed by atoms with van der Waals surface area (Å²) in [7, 11) is 0. The van der Waals surface area contributed by atoms with E-state index in [1.807, 2.05) is 0 Å². The van der Waals surface area contributed by atoms with Gasteiger partial charge in [0, 0.05) is 23.7 Å². The summed E-state index contributed by atoms with van der Waals surface area (Å²) in [5.41, 5.74) is -0.541. The van der Waals surface area contributed by atoms with Crippen LogP contribution in [0, 0.1) is 0 Å². The highest BCUT2D eigenvalue weighted by Crippen LogP contribution is 2.43. The molecule has 192 valence electrons. The van der Waals surface area contributed by atoms with E-state index in [-0.39, 0.29) is 23.1 Å². The molecule has 4 aromatic rings. The first-order valence-corrected chi connectivity index (χ1v) is 11.6. The molecule has 0 spiro atoms. The molecule has 2 aromatic carbocycles. The largest absolute Gasteiger partial charge is 0.422 e. The van der Waals surface area contributed by atoms with Crippen molar-refractivity contribution < 1.29 is 32.1 Å². The van der Waals surface area contributed by atoms with Crippen molar-refractivity contribution in [3.05, 3.63) is 65.7 Å². The normalized spacial score (nSPS) is 16.6. The quantitative estimate of drug-likeness (QED) is 0.339. The van der Waals surface area contributed by atoms with Crippen LogP contribution in [0.2, 0.25) is 0 Å².